The van der Waals surface area contributed by atoms with Crippen molar-refractivity contribution in [2.75, 3.05) is 13.1 Å². The van der Waals surface area contributed by atoms with Gasteiger partial charge in [0.2, 0.25) is 0 Å². The molecule has 0 spiro atoms. The smallest absolute Gasteiger partial charge is 0.253 e. The number of carbonyl (C=O) groups excluding carboxylic acids is 1. The highest BCUT2D eigenvalue weighted by Gasteiger charge is 2.21. The van der Waals surface area contributed by atoms with E-state index in [2.05, 4.69) is 15.8 Å². The fraction of sp³-hybridized carbons (Fsp3) is 0.500. The van der Waals surface area contributed by atoms with Crippen molar-refractivity contribution in [2.45, 2.75) is 39.7 Å². The number of hydrogen-bond acceptors (Lipinski definition) is 4. The fourth-order valence-electron chi connectivity index (χ4n) is 3.04. The van der Waals surface area contributed by atoms with Crippen molar-refractivity contribution < 1.29 is 9.32 Å². The highest BCUT2D eigenvalue weighted by Crippen LogP contribution is 2.21. The van der Waals surface area contributed by atoms with Crippen molar-refractivity contribution >= 4 is 5.91 Å². The Morgan fingerprint density at radius 1 is 1.41 bits per heavy atom. The first kappa shape index (κ1) is 14.8. The number of aromatic nitrogens is 2. The van der Waals surface area contributed by atoms with Crippen LogP contribution in [0, 0.1) is 20.8 Å². The van der Waals surface area contributed by atoms with E-state index in [4.69, 9.17) is 4.52 Å². The molecular weight excluding hydrogens is 280 g/mol. The molecule has 118 valence electrons. The predicted molar refractivity (Wildman–Crippen MR) is 83.4 cm³/mol. The van der Waals surface area contributed by atoms with E-state index in [0.29, 0.717) is 11.4 Å². The molecule has 2 N–H and O–H groups in total. The SMILES string of the molecule is Cc1cc(-n2c(C)cc(C(=O)NC3CCCNC3)c2C)no1. The lowest BCUT2D eigenvalue weighted by molar-refractivity contribution is 0.0930. The fourth-order valence-corrected chi connectivity index (χ4v) is 3.04. The van der Waals surface area contributed by atoms with Crippen LogP contribution in [-0.2, 0) is 0 Å². The van der Waals surface area contributed by atoms with Gasteiger partial charge in [-0.15, -0.1) is 0 Å². The van der Waals surface area contributed by atoms with Crippen LogP contribution >= 0.6 is 0 Å². The standard InChI is InChI=1S/C16H22N4O2/c1-10-7-14(16(21)18-13-5-4-6-17-9-13)12(3)20(10)15-8-11(2)22-19-15/h7-8,13,17H,4-6,9H2,1-3H3,(H,18,21). The third-order valence-corrected chi connectivity index (χ3v) is 4.15. The van der Waals surface area contributed by atoms with E-state index in [1.54, 1.807) is 0 Å². The van der Waals surface area contributed by atoms with Gasteiger partial charge in [-0.3, -0.25) is 9.36 Å². The normalized spacial score (nSPS) is 18.4. The van der Waals surface area contributed by atoms with E-state index < -0.39 is 0 Å². The Labute approximate surface area is 129 Å². The van der Waals surface area contributed by atoms with Crippen LogP contribution in [0.1, 0.15) is 40.3 Å². The minimum Gasteiger partial charge on any atom is -0.360 e. The molecule has 1 saturated heterocycles. The van der Waals surface area contributed by atoms with Crippen LogP contribution in [0.5, 0.6) is 0 Å². The Morgan fingerprint density at radius 2 is 2.23 bits per heavy atom. The summed E-state index contributed by atoms with van der Waals surface area (Å²) in [5.74, 6) is 1.45. The summed E-state index contributed by atoms with van der Waals surface area (Å²) >= 11 is 0. The van der Waals surface area contributed by atoms with Crippen LogP contribution in [-0.4, -0.2) is 34.8 Å². The van der Waals surface area contributed by atoms with Crippen LogP contribution in [0.15, 0.2) is 16.7 Å². The average molecular weight is 302 g/mol. The molecule has 0 aliphatic carbocycles. The maximum absolute atomic E-state index is 12.5. The first-order valence-electron chi connectivity index (χ1n) is 7.70. The lowest BCUT2D eigenvalue weighted by Crippen LogP contribution is -2.45. The third-order valence-electron chi connectivity index (χ3n) is 4.15. The quantitative estimate of drug-likeness (QED) is 0.908. The van der Waals surface area contributed by atoms with Crippen LogP contribution in [0.25, 0.3) is 5.82 Å². The summed E-state index contributed by atoms with van der Waals surface area (Å²) in [4.78, 5) is 12.5. The van der Waals surface area contributed by atoms with Gasteiger partial charge in [-0.05, 0) is 46.2 Å². The number of nitrogens with zero attached hydrogens (tertiary/aromatic N) is 2. The number of carbonyl (C=O) groups is 1. The molecule has 2 aromatic rings. The average Bonchev–Trinajstić information content (AvgIpc) is 3.03. The molecule has 0 aromatic carbocycles. The van der Waals surface area contributed by atoms with Gasteiger partial charge in [0.05, 0.1) is 5.56 Å². The van der Waals surface area contributed by atoms with Crippen LogP contribution in [0.2, 0.25) is 0 Å². The molecule has 1 fully saturated rings. The van der Waals surface area contributed by atoms with Crippen LogP contribution < -0.4 is 10.6 Å². The molecule has 22 heavy (non-hydrogen) atoms. The zero-order chi connectivity index (χ0) is 15.7. The Balaban J connectivity index is 1.84. The van der Waals surface area contributed by atoms with Gasteiger partial charge in [-0.25, -0.2) is 0 Å². The van der Waals surface area contributed by atoms with Crippen molar-refractivity contribution in [3.8, 4) is 5.82 Å². The van der Waals surface area contributed by atoms with E-state index in [9.17, 15) is 4.79 Å². The number of nitrogens with one attached hydrogen (secondary N) is 2. The van der Waals surface area contributed by atoms with Gasteiger partial charge in [-0.2, -0.15) is 0 Å². The molecule has 1 aliphatic rings. The molecule has 3 rings (SSSR count). The van der Waals surface area contributed by atoms with E-state index in [1.807, 2.05) is 37.5 Å². The number of amides is 1. The van der Waals surface area contributed by atoms with Crippen molar-refractivity contribution in [3.05, 3.63) is 34.8 Å². The molecule has 0 radical (unpaired) electrons. The van der Waals surface area contributed by atoms with Crippen molar-refractivity contribution in [2.24, 2.45) is 0 Å². The summed E-state index contributed by atoms with van der Waals surface area (Å²) in [7, 11) is 0. The van der Waals surface area contributed by atoms with Crippen LogP contribution in [0.3, 0.4) is 0 Å². The molecule has 1 unspecified atom stereocenters. The summed E-state index contributed by atoms with van der Waals surface area (Å²) in [6.07, 6.45) is 2.13. The molecule has 1 amide bonds. The minimum absolute atomic E-state index is 0.0201. The Morgan fingerprint density at radius 3 is 2.86 bits per heavy atom. The van der Waals surface area contributed by atoms with Crippen molar-refractivity contribution in [3.63, 3.8) is 0 Å². The summed E-state index contributed by atoms with van der Waals surface area (Å²) in [5.41, 5.74) is 2.55. The van der Waals surface area contributed by atoms with E-state index >= 15 is 0 Å². The first-order chi connectivity index (χ1) is 10.6. The Kier molecular flexibility index (Phi) is 4.02. The zero-order valence-electron chi connectivity index (χ0n) is 13.3. The highest BCUT2D eigenvalue weighted by molar-refractivity contribution is 5.96. The van der Waals surface area contributed by atoms with Gasteiger partial charge in [0, 0.05) is 30.0 Å². The van der Waals surface area contributed by atoms with Gasteiger partial charge in [0.25, 0.3) is 5.91 Å². The summed E-state index contributed by atoms with van der Waals surface area (Å²) in [6.45, 7) is 7.63. The summed E-state index contributed by atoms with van der Waals surface area (Å²) < 4.78 is 7.09. The van der Waals surface area contributed by atoms with Gasteiger partial charge in [0.15, 0.2) is 5.82 Å². The monoisotopic (exact) mass is 302 g/mol. The largest absolute Gasteiger partial charge is 0.360 e. The molecule has 1 atom stereocenters. The molecule has 6 heteroatoms. The molecular formula is C16H22N4O2. The van der Waals surface area contributed by atoms with Crippen molar-refractivity contribution in [1.29, 1.82) is 0 Å². The van der Waals surface area contributed by atoms with Crippen LogP contribution in [0.4, 0.5) is 0 Å². The predicted octanol–water partition coefficient (Wildman–Crippen LogP) is 1.87. The second kappa shape index (κ2) is 5.96. The summed E-state index contributed by atoms with van der Waals surface area (Å²) in [5, 5.41) is 10.5. The molecule has 0 saturated carbocycles. The zero-order valence-corrected chi connectivity index (χ0v) is 13.3. The first-order valence-corrected chi connectivity index (χ1v) is 7.70. The Bertz CT molecular complexity index is 680. The lowest BCUT2D eigenvalue weighted by Gasteiger charge is -2.23. The molecule has 0 bridgehead atoms. The van der Waals surface area contributed by atoms with Gasteiger partial charge >= 0.3 is 0 Å². The minimum atomic E-state index is -0.0201. The topological polar surface area (TPSA) is 72.1 Å². The summed E-state index contributed by atoms with van der Waals surface area (Å²) in [6, 6.07) is 3.98. The molecule has 1 aliphatic heterocycles. The van der Waals surface area contributed by atoms with Gasteiger partial charge in [-0.1, -0.05) is 5.16 Å². The number of aryl methyl sites for hydroxylation is 2. The Hall–Kier alpha value is -2.08. The second-order valence-electron chi connectivity index (χ2n) is 5.93. The lowest BCUT2D eigenvalue weighted by atomic mass is 10.1. The van der Waals surface area contributed by atoms with E-state index in [0.717, 1.165) is 43.1 Å². The van der Waals surface area contributed by atoms with Gasteiger partial charge < -0.3 is 15.2 Å². The molecule has 2 aromatic heterocycles. The second-order valence-corrected chi connectivity index (χ2v) is 5.93. The highest BCUT2D eigenvalue weighted by atomic mass is 16.5. The maximum Gasteiger partial charge on any atom is 0.253 e. The van der Waals surface area contributed by atoms with Gasteiger partial charge in [0.1, 0.15) is 5.76 Å². The third kappa shape index (κ3) is 2.78. The molecule has 6 nitrogen and oxygen atoms in total. The van der Waals surface area contributed by atoms with E-state index in [1.165, 1.54) is 0 Å². The molecule has 3 heterocycles. The van der Waals surface area contributed by atoms with E-state index in [-0.39, 0.29) is 11.9 Å². The number of piperidine rings is 1. The number of hydrogen-bond donors (Lipinski definition) is 2. The van der Waals surface area contributed by atoms with Crippen molar-refractivity contribution in [1.82, 2.24) is 20.4 Å². The number of rotatable bonds is 3. The maximum atomic E-state index is 12.5.